The van der Waals surface area contributed by atoms with Gasteiger partial charge in [0, 0.05) is 11.9 Å². The Kier molecular flexibility index (Phi) is 2.81. The summed E-state index contributed by atoms with van der Waals surface area (Å²) >= 11 is 0. The van der Waals surface area contributed by atoms with Crippen molar-refractivity contribution in [2.24, 2.45) is 5.73 Å². The van der Waals surface area contributed by atoms with Gasteiger partial charge in [0.05, 0.1) is 16.8 Å². The van der Waals surface area contributed by atoms with Gasteiger partial charge in [0.1, 0.15) is 0 Å². The van der Waals surface area contributed by atoms with Gasteiger partial charge in [0.2, 0.25) is 0 Å². The number of carboxylic acid groups (broad SMARTS) is 1. The van der Waals surface area contributed by atoms with Crippen LogP contribution in [0, 0.1) is 13.8 Å². The smallest absolute Gasteiger partial charge is 0.336 e. The quantitative estimate of drug-likeness (QED) is 0.827. The first-order chi connectivity index (χ1) is 8.04. The first kappa shape index (κ1) is 11.5. The standard InChI is InChI=1S/C13H14N2O2/c1-7-3-4-8(2)12-11(7)10(13(16)17)5-9(6-14)15-12/h3-5H,6,14H2,1-2H3,(H,16,17). The van der Waals surface area contributed by atoms with E-state index in [2.05, 4.69) is 4.98 Å². The zero-order valence-electron chi connectivity index (χ0n) is 9.82. The van der Waals surface area contributed by atoms with E-state index in [0.717, 1.165) is 16.6 Å². The van der Waals surface area contributed by atoms with Gasteiger partial charge in [-0.1, -0.05) is 12.1 Å². The van der Waals surface area contributed by atoms with E-state index in [1.165, 1.54) is 0 Å². The fourth-order valence-corrected chi connectivity index (χ4v) is 1.97. The summed E-state index contributed by atoms with van der Waals surface area (Å²) in [5.41, 5.74) is 9.02. The predicted octanol–water partition coefficient (Wildman–Crippen LogP) is 2.01. The highest BCUT2D eigenvalue weighted by molar-refractivity contribution is 6.04. The van der Waals surface area contributed by atoms with Crippen LogP contribution in [0.15, 0.2) is 18.2 Å². The highest BCUT2D eigenvalue weighted by Gasteiger charge is 2.14. The van der Waals surface area contributed by atoms with Gasteiger partial charge in [-0.25, -0.2) is 4.79 Å². The van der Waals surface area contributed by atoms with Crippen molar-refractivity contribution < 1.29 is 9.90 Å². The van der Waals surface area contributed by atoms with Crippen molar-refractivity contribution in [2.75, 3.05) is 0 Å². The molecule has 2 aromatic rings. The van der Waals surface area contributed by atoms with Crippen molar-refractivity contribution >= 4 is 16.9 Å². The second kappa shape index (κ2) is 4.14. The number of pyridine rings is 1. The summed E-state index contributed by atoms with van der Waals surface area (Å²) in [5, 5.41) is 9.95. The van der Waals surface area contributed by atoms with Gasteiger partial charge in [0.15, 0.2) is 0 Å². The largest absolute Gasteiger partial charge is 0.478 e. The van der Waals surface area contributed by atoms with Crippen molar-refractivity contribution in [3.63, 3.8) is 0 Å². The van der Waals surface area contributed by atoms with E-state index in [1.54, 1.807) is 6.07 Å². The summed E-state index contributed by atoms with van der Waals surface area (Å²) in [6.45, 7) is 4.04. The van der Waals surface area contributed by atoms with Gasteiger partial charge in [-0.15, -0.1) is 0 Å². The lowest BCUT2D eigenvalue weighted by Gasteiger charge is -2.10. The number of nitrogens with zero attached hydrogens (tertiary/aromatic N) is 1. The Morgan fingerprint density at radius 2 is 2.00 bits per heavy atom. The minimum atomic E-state index is -0.944. The summed E-state index contributed by atoms with van der Waals surface area (Å²) in [5.74, 6) is -0.944. The van der Waals surface area contributed by atoms with Crippen LogP contribution < -0.4 is 5.73 Å². The van der Waals surface area contributed by atoms with Gasteiger partial charge in [0.25, 0.3) is 0 Å². The third-order valence-corrected chi connectivity index (χ3v) is 2.86. The van der Waals surface area contributed by atoms with Crippen LogP contribution in [0.2, 0.25) is 0 Å². The van der Waals surface area contributed by atoms with Gasteiger partial charge < -0.3 is 10.8 Å². The van der Waals surface area contributed by atoms with Crippen LogP contribution in [0.3, 0.4) is 0 Å². The molecule has 1 aromatic carbocycles. The van der Waals surface area contributed by atoms with Crippen LogP contribution in [-0.2, 0) is 6.54 Å². The molecule has 0 aliphatic rings. The maximum absolute atomic E-state index is 11.3. The van der Waals surface area contributed by atoms with E-state index in [1.807, 2.05) is 26.0 Å². The number of carboxylic acids is 1. The second-order valence-corrected chi connectivity index (χ2v) is 4.09. The van der Waals surface area contributed by atoms with E-state index in [-0.39, 0.29) is 12.1 Å². The molecule has 4 heteroatoms. The van der Waals surface area contributed by atoms with Crippen LogP contribution in [0.5, 0.6) is 0 Å². The number of fused-ring (bicyclic) bond motifs is 1. The molecule has 0 aliphatic heterocycles. The molecule has 0 unspecified atom stereocenters. The molecule has 0 saturated heterocycles. The summed E-state index contributed by atoms with van der Waals surface area (Å²) < 4.78 is 0. The maximum Gasteiger partial charge on any atom is 0.336 e. The fourth-order valence-electron chi connectivity index (χ4n) is 1.97. The van der Waals surface area contributed by atoms with E-state index >= 15 is 0 Å². The van der Waals surface area contributed by atoms with E-state index in [4.69, 9.17) is 5.73 Å². The normalized spacial score (nSPS) is 10.8. The predicted molar refractivity (Wildman–Crippen MR) is 66.1 cm³/mol. The maximum atomic E-state index is 11.3. The molecular weight excluding hydrogens is 216 g/mol. The minimum absolute atomic E-state index is 0.240. The number of hydrogen-bond acceptors (Lipinski definition) is 3. The lowest BCUT2D eigenvalue weighted by molar-refractivity contribution is 0.0699. The van der Waals surface area contributed by atoms with Crippen LogP contribution in [0.4, 0.5) is 0 Å². The Morgan fingerprint density at radius 3 is 2.59 bits per heavy atom. The van der Waals surface area contributed by atoms with Gasteiger partial charge in [-0.2, -0.15) is 0 Å². The molecular formula is C13H14N2O2. The zero-order chi connectivity index (χ0) is 12.6. The zero-order valence-corrected chi connectivity index (χ0v) is 9.82. The molecule has 88 valence electrons. The number of carbonyl (C=O) groups is 1. The van der Waals surface area contributed by atoms with E-state index in [9.17, 15) is 9.90 Å². The van der Waals surface area contributed by atoms with Crippen molar-refractivity contribution in [3.8, 4) is 0 Å². The first-order valence-corrected chi connectivity index (χ1v) is 5.37. The number of aromatic nitrogens is 1. The van der Waals surface area contributed by atoms with Crippen molar-refractivity contribution in [1.29, 1.82) is 0 Å². The molecule has 0 atom stereocenters. The van der Waals surface area contributed by atoms with Gasteiger partial charge >= 0.3 is 5.97 Å². The number of aromatic carboxylic acids is 1. The SMILES string of the molecule is Cc1ccc(C)c2c(C(=O)O)cc(CN)nc12. The molecule has 0 amide bonds. The molecule has 0 saturated carbocycles. The van der Waals surface area contributed by atoms with Crippen molar-refractivity contribution in [1.82, 2.24) is 4.98 Å². The topological polar surface area (TPSA) is 76.2 Å². The minimum Gasteiger partial charge on any atom is -0.478 e. The summed E-state index contributed by atoms with van der Waals surface area (Å²) in [6, 6.07) is 5.40. The molecule has 0 radical (unpaired) electrons. The Bertz CT molecular complexity index is 606. The molecule has 0 bridgehead atoms. The van der Waals surface area contributed by atoms with Crippen LogP contribution in [0.1, 0.15) is 27.2 Å². The lowest BCUT2D eigenvalue weighted by Crippen LogP contribution is -2.07. The molecule has 0 fully saturated rings. The Morgan fingerprint density at radius 1 is 1.35 bits per heavy atom. The van der Waals surface area contributed by atoms with Gasteiger partial charge in [-0.3, -0.25) is 4.98 Å². The average Bonchev–Trinajstić information content (AvgIpc) is 2.32. The Labute approximate surface area is 99.1 Å². The molecule has 0 aliphatic carbocycles. The third kappa shape index (κ3) is 1.87. The lowest BCUT2D eigenvalue weighted by atomic mass is 10.00. The molecule has 3 N–H and O–H groups in total. The molecule has 1 aromatic heterocycles. The highest BCUT2D eigenvalue weighted by Crippen LogP contribution is 2.25. The molecule has 17 heavy (non-hydrogen) atoms. The van der Waals surface area contributed by atoms with Gasteiger partial charge in [-0.05, 0) is 31.0 Å². The van der Waals surface area contributed by atoms with Crippen LogP contribution in [0.25, 0.3) is 10.9 Å². The number of hydrogen-bond donors (Lipinski definition) is 2. The number of benzene rings is 1. The monoisotopic (exact) mass is 230 g/mol. The third-order valence-electron chi connectivity index (χ3n) is 2.86. The number of nitrogens with two attached hydrogens (primary N) is 1. The summed E-state index contributed by atoms with van der Waals surface area (Å²) in [6.07, 6.45) is 0. The number of rotatable bonds is 2. The fraction of sp³-hybridized carbons (Fsp3) is 0.231. The van der Waals surface area contributed by atoms with Crippen LogP contribution >= 0.6 is 0 Å². The molecule has 4 nitrogen and oxygen atoms in total. The Hall–Kier alpha value is -1.94. The molecule has 1 heterocycles. The first-order valence-electron chi connectivity index (χ1n) is 5.37. The molecule has 0 spiro atoms. The summed E-state index contributed by atoms with van der Waals surface area (Å²) in [4.78, 5) is 15.7. The van der Waals surface area contributed by atoms with Crippen molar-refractivity contribution in [2.45, 2.75) is 20.4 Å². The highest BCUT2D eigenvalue weighted by atomic mass is 16.4. The van der Waals surface area contributed by atoms with E-state index < -0.39 is 5.97 Å². The molecule has 2 rings (SSSR count). The number of aryl methyl sites for hydroxylation is 2. The second-order valence-electron chi connectivity index (χ2n) is 4.09. The average molecular weight is 230 g/mol. The Balaban J connectivity index is 2.95. The van der Waals surface area contributed by atoms with Crippen LogP contribution in [-0.4, -0.2) is 16.1 Å². The van der Waals surface area contributed by atoms with E-state index in [0.29, 0.717) is 11.1 Å². The van der Waals surface area contributed by atoms with Crippen molar-refractivity contribution in [3.05, 3.63) is 40.6 Å². The summed E-state index contributed by atoms with van der Waals surface area (Å²) in [7, 11) is 0.